The number of carboxylic acid groups (broad SMARTS) is 1. The Morgan fingerprint density at radius 2 is 2.19 bits per heavy atom. The second-order valence-corrected chi connectivity index (χ2v) is 8.00. The zero-order valence-corrected chi connectivity index (χ0v) is 16.0. The summed E-state index contributed by atoms with van der Waals surface area (Å²) in [6.45, 7) is 3.59. The van der Waals surface area contributed by atoms with Crippen LogP contribution in [-0.2, 0) is 14.8 Å². The number of aryl methyl sites for hydroxylation is 1. The third-order valence-electron chi connectivity index (χ3n) is 3.97. The van der Waals surface area contributed by atoms with Crippen LogP contribution in [0.4, 0.5) is 11.5 Å². The van der Waals surface area contributed by atoms with E-state index in [-0.39, 0.29) is 11.5 Å². The lowest BCUT2D eigenvalue weighted by Gasteiger charge is -2.27. The molecule has 26 heavy (non-hydrogen) atoms. The summed E-state index contributed by atoms with van der Waals surface area (Å²) in [5.74, 6) is 0.313. The van der Waals surface area contributed by atoms with Crippen molar-refractivity contribution in [3.8, 4) is 0 Å². The maximum Gasteiger partial charge on any atom is 0.290 e. The second-order valence-electron chi connectivity index (χ2n) is 5.65. The molecule has 0 bridgehead atoms. The molecule has 0 unspecified atom stereocenters. The van der Waals surface area contributed by atoms with Crippen molar-refractivity contribution in [1.29, 1.82) is 0 Å². The summed E-state index contributed by atoms with van der Waals surface area (Å²) in [5, 5.41) is 11.9. The third-order valence-corrected chi connectivity index (χ3v) is 5.80. The number of pyridine rings is 1. The van der Waals surface area contributed by atoms with Crippen molar-refractivity contribution in [1.82, 2.24) is 15.3 Å². The number of likely N-dealkylation sites (N-methyl/N-ethyl adjacent to an activating group) is 1. The molecule has 142 valence electrons. The number of carbonyl (C=O) groups is 1. The Morgan fingerprint density at radius 1 is 1.46 bits per heavy atom. The molecule has 2 aromatic rings. The van der Waals surface area contributed by atoms with Crippen LogP contribution in [-0.4, -0.2) is 56.1 Å². The Balaban J connectivity index is 0.000000758. The summed E-state index contributed by atoms with van der Waals surface area (Å²) >= 11 is 1.33. The number of rotatable bonds is 5. The van der Waals surface area contributed by atoms with Crippen LogP contribution in [0, 0.1) is 6.92 Å². The van der Waals surface area contributed by atoms with Gasteiger partial charge in [-0.05, 0) is 31.5 Å². The highest BCUT2D eigenvalue weighted by Gasteiger charge is 2.23. The number of nitrogens with one attached hydrogen (secondary N) is 2. The summed E-state index contributed by atoms with van der Waals surface area (Å²) in [6.07, 6.45) is 2.70. The standard InChI is InChI=1S/C14H19N5O2S2.CH2O2/c1-10-5-14(23(20,21)18-13-8-22-9-17-13)16-7-12(10)19(2)11-3-4-15-6-11;2-1-3/h5,7-9,11,15,18H,3-4,6H2,1-2H3;1H,(H,2,3)/t11-;/m0./s1. The van der Waals surface area contributed by atoms with Crippen LogP contribution in [0.5, 0.6) is 0 Å². The average molecular weight is 399 g/mol. The van der Waals surface area contributed by atoms with Gasteiger partial charge in [-0.3, -0.25) is 9.52 Å². The molecule has 3 rings (SSSR count). The van der Waals surface area contributed by atoms with Crippen molar-refractivity contribution >= 4 is 39.3 Å². The highest BCUT2D eigenvalue weighted by atomic mass is 32.2. The van der Waals surface area contributed by atoms with Gasteiger partial charge in [-0.15, -0.1) is 11.3 Å². The number of anilines is 2. The van der Waals surface area contributed by atoms with E-state index in [0.29, 0.717) is 11.9 Å². The van der Waals surface area contributed by atoms with E-state index in [0.717, 1.165) is 30.8 Å². The molecule has 3 heterocycles. The monoisotopic (exact) mass is 399 g/mol. The van der Waals surface area contributed by atoms with Gasteiger partial charge in [-0.2, -0.15) is 8.42 Å². The molecule has 1 aliphatic heterocycles. The van der Waals surface area contributed by atoms with Gasteiger partial charge in [0, 0.05) is 25.0 Å². The number of nitrogens with zero attached hydrogens (tertiary/aromatic N) is 3. The minimum absolute atomic E-state index is 0.00435. The topological polar surface area (TPSA) is 125 Å². The van der Waals surface area contributed by atoms with E-state index in [4.69, 9.17) is 9.90 Å². The van der Waals surface area contributed by atoms with Gasteiger partial charge in [0.2, 0.25) is 0 Å². The fourth-order valence-corrected chi connectivity index (χ4v) is 4.23. The first-order valence-corrected chi connectivity index (χ1v) is 10.2. The summed E-state index contributed by atoms with van der Waals surface area (Å²) in [7, 11) is -1.70. The lowest BCUT2D eigenvalue weighted by molar-refractivity contribution is -0.122. The summed E-state index contributed by atoms with van der Waals surface area (Å²) in [6, 6.07) is 2.01. The lowest BCUT2D eigenvalue weighted by atomic mass is 10.2. The number of hydrogen-bond acceptors (Lipinski definition) is 8. The summed E-state index contributed by atoms with van der Waals surface area (Å²) in [4.78, 5) is 18.6. The van der Waals surface area contributed by atoms with E-state index in [2.05, 4.69) is 24.9 Å². The SMILES string of the molecule is Cc1cc(S(=O)(=O)Nc2cscn2)ncc1N(C)[C@H]1CCNC1.O=CO. The predicted octanol–water partition coefficient (Wildman–Crippen LogP) is 1.15. The van der Waals surface area contributed by atoms with Gasteiger partial charge in [0.15, 0.2) is 10.8 Å². The Morgan fingerprint density at radius 3 is 2.73 bits per heavy atom. The van der Waals surface area contributed by atoms with Crippen molar-refractivity contribution in [3.05, 3.63) is 28.7 Å². The van der Waals surface area contributed by atoms with Crippen LogP contribution >= 0.6 is 11.3 Å². The van der Waals surface area contributed by atoms with E-state index in [1.165, 1.54) is 11.3 Å². The summed E-state index contributed by atoms with van der Waals surface area (Å²) in [5.41, 5.74) is 3.41. The first-order valence-electron chi connectivity index (χ1n) is 7.78. The van der Waals surface area contributed by atoms with Crippen molar-refractivity contribution < 1.29 is 18.3 Å². The number of hydrogen-bond donors (Lipinski definition) is 3. The molecule has 2 aromatic heterocycles. The minimum atomic E-state index is -3.72. The molecule has 11 heteroatoms. The van der Waals surface area contributed by atoms with Crippen molar-refractivity contribution in [2.45, 2.75) is 24.4 Å². The number of sulfonamides is 1. The minimum Gasteiger partial charge on any atom is -0.483 e. The zero-order chi connectivity index (χ0) is 19.2. The van der Waals surface area contributed by atoms with E-state index in [9.17, 15) is 8.42 Å². The van der Waals surface area contributed by atoms with Crippen molar-refractivity contribution in [3.63, 3.8) is 0 Å². The highest BCUT2D eigenvalue weighted by Crippen LogP contribution is 2.24. The van der Waals surface area contributed by atoms with Gasteiger partial charge < -0.3 is 15.3 Å². The van der Waals surface area contributed by atoms with E-state index < -0.39 is 10.0 Å². The van der Waals surface area contributed by atoms with Gasteiger partial charge in [0.1, 0.15) is 0 Å². The third kappa shape index (κ3) is 4.90. The Kier molecular flexibility index (Phi) is 6.89. The molecule has 0 amide bonds. The first-order chi connectivity index (χ1) is 12.4. The van der Waals surface area contributed by atoms with Crippen LogP contribution in [0.25, 0.3) is 0 Å². The Labute approximate surface area is 156 Å². The molecular formula is C15H21N5O4S2. The smallest absolute Gasteiger partial charge is 0.290 e. The van der Waals surface area contributed by atoms with Crippen LogP contribution in [0.15, 0.2) is 28.2 Å². The average Bonchev–Trinajstić information content (AvgIpc) is 3.28. The van der Waals surface area contributed by atoms with Gasteiger partial charge in [-0.25, -0.2) is 9.97 Å². The second kappa shape index (κ2) is 8.92. The van der Waals surface area contributed by atoms with Gasteiger partial charge in [0.05, 0.1) is 17.4 Å². The largest absolute Gasteiger partial charge is 0.483 e. The quantitative estimate of drug-likeness (QED) is 0.640. The zero-order valence-electron chi connectivity index (χ0n) is 14.4. The van der Waals surface area contributed by atoms with Crippen LogP contribution < -0.4 is 14.9 Å². The lowest BCUT2D eigenvalue weighted by Crippen LogP contribution is -2.34. The molecular weight excluding hydrogens is 378 g/mol. The molecule has 1 saturated heterocycles. The first kappa shape index (κ1) is 20.1. The van der Waals surface area contributed by atoms with Gasteiger partial charge >= 0.3 is 0 Å². The molecule has 0 spiro atoms. The maximum absolute atomic E-state index is 12.4. The normalized spacial score (nSPS) is 16.5. The predicted molar refractivity (Wildman–Crippen MR) is 100 cm³/mol. The molecule has 1 atom stereocenters. The van der Waals surface area contributed by atoms with Crippen LogP contribution in [0.2, 0.25) is 0 Å². The van der Waals surface area contributed by atoms with Crippen molar-refractivity contribution in [2.24, 2.45) is 0 Å². The van der Waals surface area contributed by atoms with Crippen LogP contribution in [0.1, 0.15) is 12.0 Å². The Hall–Kier alpha value is -2.24. The molecule has 9 nitrogen and oxygen atoms in total. The van der Waals surface area contributed by atoms with E-state index in [1.807, 2.05) is 14.0 Å². The summed E-state index contributed by atoms with van der Waals surface area (Å²) < 4.78 is 27.1. The maximum atomic E-state index is 12.4. The molecule has 3 N–H and O–H groups in total. The van der Waals surface area contributed by atoms with E-state index in [1.54, 1.807) is 23.2 Å². The van der Waals surface area contributed by atoms with Crippen molar-refractivity contribution in [2.75, 3.05) is 29.8 Å². The van der Waals surface area contributed by atoms with Crippen LogP contribution in [0.3, 0.4) is 0 Å². The Bertz CT molecular complexity index is 821. The molecule has 1 fully saturated rings. The fourth-order valence-electron chi connectivity index (χ4n) is 2.66. The molecule has 0 radical (unpaired) electrons. The van der Waals surface area contributed by atoms with Gasteiger partial charge in [-0.1, -0.05) is 0 Å². The number of aromatic nitrogens is 2. The fraction of sp³-hybridized carbons (Fsp3) is 0.400. The number of thiazole rings is 1. The molecule has 0 saturated carbocycles. The molecule has 1 aliphatic rings. The molecule has 0 aliphatic carbocycles. The highest BCUT2D eigenvalue weighted by molar-refractivity contribution is 7.92. The van der Waals surface area contributed by atoms with E-state index >= 15 is 0 Å². The van der Waals surface area contributed by atoms with Gasteiger partial charge in [0.25, 0.3) is 16.5 Å². The molecule has 0 aromatic carbocycles.